The first-order valence-electron chi connectivity index (χ1n) is 14.3. The summed E-state index contributed by atoms with van der Waals surface area (Å²) < 4.78 is 18.4. The van der Waals surface area contributed by atoms with E-state index in [2.05, 4.69) is 38.8 Å². The highest BCUT2D eigenvalue weighted by Crippen LogP contribution is 2.39. The van der Waals surface area contributed by atoms with Gasteiger partial charge < -0.3 is 25.7 Å². The number of benzene rings is 2. The number of hydrogen-bond acceptors (Lipinski definition) is 7. The Morgan fingerprint density at radius 1 is 1.10 bits per heavy atom. The fourth-order valence-corrected chi connectivity index (χ4v) is 7.18. The second kappa shape index (κ2) is 12.2. The minimum atomic E-state index is -2.51. The van der Waals surface area contributed by atoms with E-state index >= 15 is 0 Å². The maximum atomic E-state index is 12.9. The SMILES string of the molecule is Cc1ccc(Nc2nc(Nc3ccc4c(c3)CC[C@@H](CCCC3(CN)COC3)CC4)ncc2Cl)c(P(C)(C)=O)c1. The average Bonchev–Trinajstić information content (AvgIpc) is 3.10. The normalized spacial score (nSPS) is 18.4. The molecule has 1 aliphatic carbocycles. The summed E-state index contributed by atoms with van der Waals surface area (Å²) in [4.78, 5) is 9.06. The molecule has 7 nitrogen and oxygen atoms in total. The van der Waals surface area contributed by atoms with Crippen LogP contribution in [0.2, 0.25) is 5.02 Å². The molecule has 1 aromatic heterocycles. The Morgan fingerprint density at radius 2 is 1.88 bits per heavy atom. The smallest absolute Gasteiger partial charge is 0.229 e. The molecule has 0 spiro atoms. The van der Waals surface area contributed by atoms with Gasteiger partial charge in [0.05, 0.1) is 25.1 Å². The zero-order valence-corrected chi connectivity index (χ0v) is 25.5. The number of ether oxygens (including phenoxy) is 1. The lowest BCUT2D eigenvalue weighted by Gasteiger charge is -2.40. The fraction of sp³-hybridized carbons (Fsp3) is 0.484. The molecule has 4 N–H and O–H groups in total. The van der Waals surface area contributed by atoms with Crippen LogP contribution in [0.5, 0.6) is 0 Å². The molecular weight excluding hydrogens is 541 g/mol. The third-order valence-corrected chi connectivity index (χ3v) is 10.2. The molecule has 214 valence electrons. The highest BCUT2D eigenvalue weighted by molar-refractivity contribution is 7.70. The lowest BCUT2D eigenvalue weighted by Crippen LogP contribution is -2.48. The summed E-state index contributed by atoms with van der Waals surface area (Å²) in [7, 11) is -2.51. The largest absolute Gasteiger partial charge is 0.380 e. The number of nitrogens with two attached hydrogens (primary N) is 1. The maximum absolute atomic E-state index is 12.9. The van der Waals surface area contributed by atoms with Crippen LogP contribution in [0.25, 0.3) is 0 Å². The van der Waals surface area contributed by atoms with Gasteiger partial charge in [-0.05, 0) is 93.7 Å². The van der Waals surface area contributed by atoms with Gasteiger partial charge in [0.2, 0.25) is 5.95 Å². The van der Waals surface area contributed by atoms with Gasteiger partial charge in [0.15, 0.2) is 5.82 Å². The highest BCUT2D eigenvalue weighted by atomic mass is 35.5. The van der Waals surface area contributed by atoms with Crippen molar-refractivity contribution in [2.24, 2.45) is 17.1 Å². The van der Waals surface area contributed by atoms with Gasteiger partial charge in [0, 0.05) is 23.0 Å². The first-order valence-corrected chi connectivity index (χ1v) is 17.2. The molecule has 5 rings (SSSR count). The van der Waals surface area contributed by atoms with Crippen LogP contribution >= 0.6 is 18.7 Å². The van der Waals surface area contributed by atoms with Crippen LogP contribution in [0.3, 0.4) is 0 Å². The fourth-order valence-electron chi connectivity index (χ4n) is 5.82. The van der Waals surface area contributed by atoms with Gasteiger partial charge in [-0.2, -0.15) is 4.98 Å². The Morgan fingerprint density at radius 3 is 2.58 bits per heavy atom. The molecule has 0 bridgehead atoms. The van der Waals surface area contributed by atoms with Gasteiger partial charge >= 0.3 is 0 Å². The molecule has 0 saturated carbocycles. The summed E-state index contributed by atoms with van der Waals surface area (Å²) in [5.74, 6) is 1.68. The molecule has 2 heterocycles. The van der Waals surface area contributed by atoms with Gasteiger partial charge in [-0.25, -0.2) is 4.98 Å². The zero-order valence-electron chi connectivity index (χ0n) is 23.8. The molecule has 0 unspecified atom stereocenters. The zero-order chi connectivity index (χ0) is 28.3. The van der Waals surface area contributed by atoms with Gasteiger partial charge in [0.25, 0.3) is 0 Å². The molecule has 2 aromatic carbocycles. The predicted molar refractivity (Wildman–Crippen MR) is 167 cm³/mol. The minimum absolute atomic E-state index is 0.240. The van der Waals surface area contributed by atoms with Crippen molar-refractivity contribution >= 4 is 47.2 Å². The van der Waals surface area contributed by atoms with E-state index in [9.17, 15) is 4.57 Å². The van der Waals surface area contributed by atoms with Gasteiger partial charge in [0.1, 0.15) is 12.2 Å². The van der Waals surface area contributed by atoms with E-state index in [0.717, 1.165) is 60.8 Å². The molecule has 0 radical (unpaired) electrons. The third-order valence-electron chi connectivity index (χ3n) is 8.41. The number of aromatic nitrogens is 2. The third kappa shape index (κ3) is 6.88. The quantitative estimate of drug-likeness (QED) is 0.178. The highest BCUT2D eigenvalue weighted by Gasteiger charge is 2.36. The van der Waals surface area contributed by atoms with E-state index in [0.29, 0.717) is 16.8 Å². The predicted octanol–water partition coefficient (Wildman–Crippen LogP) is 6.81. The van der Waals surface area contributed by atoms with Crippen LogP contribution < -0.4 is 21.7 Å². The number of nitrogens with zero attached hydrogens (tertiary/aromatic N) is 2. The number of nitrogens with one attached hydrogen (secondary N) is 2. The molecular formula is C31H41ClN5O2P. The lowest BCUT2D eigenvalue weighted by molar-refractivity contribution is -0.112. The van der Waals surface area contributed by atoms with Crippen LogP contribution in [0.15, 0.2) is 42.6 Å². The van der Waals surface area contributed by atoms with E-state index in [4.69, 9.17) is 22.1 Å². The number of rotatable bonds is 10. The van der Waals surface area contributed by atoms with E-state index in [1.54, 1.807) is 19.5 Å². The summed E-state index contributed by atoms with van der Waals surface area (Å²) in [5, 5.41) is 7.83. The second-order valence-corrected chi connectivity index (χ2v) is 15.6. The van der Waals surface area contributed by atoms with Gasteiger partial charge in [-0.15, -0.1) is 0 Å². The minimum Gasteiger partial charge on any atom is -0.380 e. The van der Waals surface area contributed by atoms with E-state index in [1.807, 2.05) is 25.1 Å². The van der Waals surface area contributed by atoms with Gasteiger partial charge in [-0.1, -0.05) is 42.1 Å². The van der Waals surface area contributed by atoms with Crippen molar-refractivity contribution in [2.75, 3.05) is 43.7 Å². The van der Waals surface area contributed by atoms with Crippen molar-refractivity contribution in [3.63, 3.8) is 0 Å². The van der Waals surface area contributed by atoms with Crippen LogP contribution in [0.1, 0.15) is 48.8 Å². The summed E-state index contributed by atoms with van der Waals surface area (Å²) >= 11 is 6.46. The molecule has 1 atom stereocenters. The van der Waals surface area contributed by atoms with Gasteiger partial charge in [-0.3, -0.25) is 0 Å². The Kier molecular flexibility index (Phi) is 8.86. The number of fused-ring (bicyclic) bond motifs is 1. The van der Waals surface area contributed by atoms with E-state index < -0.39 is 7.14 Å². The van der Waals surface area contributed by atoms with Crippen LogP contribution in [0, 0.1) is 18.3 Å². The summed E-state index contributed by atoms with van der Waals surface area (Å²) in [6, 6.07) is 12.4. The second-order valence-electron chi connectivity index (χ2n) is 12.0. The average molecular weight is 582 g/mol. The first-order chi connectivity index (χ1) is 19.1. The molecule has 9 heteroatoms. The van der Waals surface area contributed by atoms with Crippen molar-refractivity contribution in [3.8, 4) is 0 Å². The molecule has 0 amide bonds. The number of halogens is 1. The molecule has 1 aliphatic heterocycles. The van der Waals surface area contributed by atoms with Crippen molar-refractivity contribution < 1.29 is 9.30 Å². The standard InChI is InChI=1S/C31H41ClN5O2P/c1-21-6-13-27(28(15-21)40(2,3)38)36-29-26(32)17-34-30(37-29)35-25-12-11-23-9-7-22(8-10-24(23)16-25)5-4-14-31(18-33)19-39-20-31/h6,11-13,15-17,22H,4-5,7-10,14,18-20,33H2,1-3H3,(H2,34,35,36,37)/t22-/m0/s1. The topological polar surface area (TPSA) is 102 Å². The number of anilines is 4. The van der Waals surface area contributed by atoms with Crippen molar-refractivity contribution in [3.05, 3.63) is 64.3 Å². The summed E-state index contributed by atoms with van der Waals surface area (Å²) in [6.07, 6.45) is 9.92. The Balaban J connectivity index is 1.24. The Bertz CT molecular complexity index is 1400. The van der Waals surface area contributed by atoms with Crippen LogP contribution in [0.4, 0.5) is 23.1 Å². The molecule has 3 aromatic rings. The first kappa shape index (κ1) is 29.1. The number of aryl methyl sites for hydroxylation is 3. The summed E-state index contributed by atoms with van der Waals surface area (Å²) in [6.45, 7) is 7.92. The molecule has 40 heavy (non-hydrogen) atoms. The van der Waals surface area contributed by atoms with Crippen LogP contribution in [-0.2, 0) is 22.1 Å². The lowest BCUT2D eigenvalue weighted by atomic mass is 9.79. The molecule has 1 saturated heterocycles. The monoisotopic (exact) mass is 581 g/mol. The van der Waals surface area contributed by atoms with Crippen molar-refractivity contribution in [1.29, 1.82) is 0 Å². The molecule has 1 fully saturated rings. The van der Waals surface area contributed by atoms with E-state index in [1.165, 1.54) is 43.2 Å². The van der Waals surface area contributed by atoms with Crippen molar-refractivity contribution in [2.45, 2.75) is 51.9 Å². The maximum Gasteiger partial charge on any atom is 0.229 e. The van der Waals surface area contributed by atoms with E-state index in [-0.39, 0.29) is 5.41 Å². The number of hydrogen-bond donors (Lipinski definition) is 3. The Labute approximate surface area is 243 Å². The van der Waals surface area contributed by atoms with Crippen LogP contribution in [-0.4, -0.2) is 43.1 Å². The van der Waals surface area contributed by atoms with Crippen molar-refractivity contribution in [1.82, 2.24) is 9.97 Å². The Hall–Kier alpha value is -2.44. The summed E-state index contributed by atoms with van der Waals surface area (Å²) in [5.41, 5.74) is 11.8. The molecule has 2 aliphatic rings.